The quantitative estimate of drug-likeness (QED) is 0.248. The summed E-state index contributed by atoms with van der Waals surface area (Å²) in [7, 11) is 0. The summed E-state index contributed by atoms with van der Waals surface area (Å²) in [6.45, 7) is 9.68. The summed E-state index contributed by atoms with van der Waals surface area (Å²) in [4.78, 5) is 9.25. The van der Waals surface area contributed by atoms with Crippen LogP contribution in [0.3, 0.4) is 0 Å². The van der Waals surface area contributed by atoms with Crippen molar-refractivity contribution in [3.8, 4) is 0 Å². The van der Waals surface area contributed by atoms with Gasteiger partial charge in [0.15, 0.2) is 0 Å². The molecule has 0 amide bonds. The van der Waals surface area contributed by atoms with Crippen molar-refractivity contribution in [2.24, 2.45) is 0 Å². The highest BCUT2D eigenvalue weighted by Crippen LogP contribution is 1.54. The summed E-state index contributed by atoms with van der Waals surface area (Å²) < 4.78 is 0. The molecule has 0 bridgehead atoms. The van der Waals surface area contributed by atoms with Gasteiger partial charge in [-0.1, -0.05) is 31.9 Å². The number of aliphatic carboxylic acids is 1. The van der Waals surface area contributed by atoms with E-state index in [2.05, 4.69) is 19.7 Å². The molecule has 4 nitrogen and oxygen atoms in total. The van der Waals surface area contributed by atoms with Crippen molar-refractivity contribution in [3.63, 3.8) is 0 Å². The van der Waals surface area contributed by atoms with Crippen molar-refractivity contribution in [1.82, 2.24) is 0 Å². The summed E-state index contributed by atoms with van der Waals surface area (Å²) in [6, 6.07) is 0. The van der Waals surface area contributed by atoms with Crippen LogP contribution in [0.25, 0.3) is 0 Å². The first-order chi connectivity index (χ1) is 5.18. The second-order valence-corrected chi connectivity index (χ2v) is 1.01. The average molecular weight is 160 g/mol. The maximum absolute atomic E-state index is 9.25. The Morgan fingerprint density at radius 2 is 1.27 bits per heavy atom. The van der Waals surface area contributed by atoms with Gasteiger partial charge in [-0.25, -0.2) is 4.79 Å². The summed E-state index contributed by atoms with van der Waals surface area (Å²) in [5, 5.41) is 19.6. The Hall–Kier alpha value is -1.39. The molecule has 11 heavy (non-hydrogen) atoms. The van der Waals surface area contributed by atoms with Crippen molar-refractivity contribution in [1.29, 1.82) is 0 Å². The molecule has 4 heteroatoms. The van der Waals surface area contributed by atoms with Crippen LogP contribution in [0.2, 0.25) is 0 Å². The van der Waals surface area contributed by atoms with E-state index >= 15 is 0 Å². The van der Waals surface area contributed by atoms with Gasteiger partial charge >= 0.3 is 5.97 Å². The van der Waals surface area contributed by atoms with Crippen LogP contribution in [0.5, 0.6) is 0 Å². The van der Waals surface area contributed by atoms with Crippen molar-refractivity contribution >= 4 is 5.97 Å². The molecule has 0 atom stereocenters. The zero-order valence-corrected chi connectivity index (χ0v) is 6.10. The lowest BCUT2D eigenvalue weighted by molar-refractivity contribution is -0.176. The van der Waals surface area contributed by atoms with Crippen molar-refractivity contribution in [2.75, 3.05) is 0 Å². The predicted molar refractivity (Wildman–Crippen MR) is 43.5 cm³/mol. The van der Waals surface area contributed by atoms with Crippen LogP contribution in [0.4, 0.5) is 0 Å². The van der Waals surface area contributed by atoms with E-state index in [1.807, 2.05) is 0 Å². The Morgan fingerprint density at radius 3 is 1.27 bits per heavy atom. The third-order valence-electron chi connectivity index (χ3n) is 0.341. The minimum absolute atomic E-state index is 0.833. The van der Waals surface area contributed by atoms with E-state index in [1.54, 1.807) is 12.2 Å². The van der Waals surface area contributed by atoms with Gasteiger partial charge in [-0.2, -0.15) is 0 Å². The molecule has 0 aliphatic rings. The van der Waals surface area contributed by atoms with Crippen LogP contribution in [-0.4, -0.2) is 21.6 Å². The van der Waals surface area contributed by atoms with Gasteiger partial charge in [0.25, 0.3) is 0 Å². The monoisotopic (exact) mass is 160 g/mol. The minimum Gasteiger partial charge on any atom is -0.478 e. The van der Waals surface area contributed by atoms with Crippen LogP contribution in [0.1, 0.15) is 0 Å². The van der Waals surface area contributed by atoms with Gasteiger partial charge in [-0.3, -0.25) is 10.5 Å². The van der Waals surface area contributed by atoms with Crippen LogP contribution in [0.15, 0.2) is 38.0 Å². The van der Waals surface area contributed by atoms with E-state index in [0.29, 0.717) is 0 Å². The van der Waals surface area contributed by atoms with Gasteiger partial charge in [0.05, 0.1) is 0 Å². The maximum Gasteiger partial charge on any atom is 0.327 e. The molecule has 0 rings (SSSR count). The van der Waals surface area contributed by atoms with Crippen molar-refractivity contribution < 1.29 is 20.4 Å². The van der Waals surface area contributed by atoms with Gasteiger partial charge in [0, 0.05) is 6.08 Å². The molecule has 0 aromatic rings. The fraction of sp³-hybridized carbons (Fsp3) is 0. The molecule has 0 saturated heterocycles. The molecule has 0 spiro atoms. The molecule has 0 saturated carbocycles. The highest BCUT2D eigenvalue weighted by molar-refractivity contribution is 5.78. The third kappa shape index (κ3) is 145. The first-order valence-electron chi connectivity index (χ1n) is 2.47. The third-order valence-corrected chi connectivity index (χ3v) is 0.341. The molecule has 64 valence electrons. The average Bonchev–Trinajstić information content (AvgIpc) is 2.08. The summed E-state index contributed by atoms with van der Waals surface area (Å²) in [5.74, 6) is -0.981. The number of hydrogen-bond acceptors (Lipinski definition) is 3. The second-order valence-electron chi connectivity index (χ2n) is 1.01. The summed E-state index contributed by atoms with van der Waals surface area (Å²) in [6.07, 6.45) is 4.11. The van der Waals surface area contributed by atoms with Crippen molar-refractivity contribution in [2.45, 2.75) is 0 Å². The summed E-state index contributed by atoms with van der Waals surface area (Å²) >= 11 is 0. The molecule has 0 aromatic carbocycles. The Balaban J connectivity index is -0.0000000965. The molecule has 0 aliphatic heterocycles. The van der Waals surface area contributed by atoms with Crippen LogP contribution in [-0.2, 0) is 4.79 Å². The molecule has 0 heterocycles. The van der Waals surface area contributed by atoms with E-state index < -0.39 is 5.97 Å². The number of carbonyl (C=O) groups is 1. The number of allylic oxidation sites excluding steroid dienone is 2. The molecule has 0 fully saturated rings. The largest absolute Gasteiger partial charge is 0.478 e. The molecule has 0 unspecified atom stereocenters. The van der Waals surface area contributed by atoms with E-state index in [0.717, 1.165) is 6.08 Å². The molecule has 0 aromatic heterocycles. The molecular weight excluding hydrogens is 148 g/mol. The number of carboxylic acids is 1. The van der Waals surface area contributed by atoms with Crippen LogP contribution in [0, 0.1) is 0 Å². The number of carboxylic acid groups (broad SMARTS) is 1. The minimum atomic E-state index is -0.981. The standard InChI is InChI=1S/C4H6.C3H4O2.H2O2/c1-3-4-2;1-2-3(4)5;1-2/h3-4H,1-2H2;2H,1H2,(H,4,5);1-2H. The fourth-order valence-electron chi connectivity index (χ4n) is 0. The van der Waals surface area contributed by atoms with Gasteiger partial charge < -0.3 is 5.11 Å². The second kappa shape index (κ2) is 23.5. The van der Waals surface area contributed by atoms with Gasteiger partial charge in [0.1, 0.15) is 0 Å². The number of hydrogen-bond donors (Lipinski definition) is 3. The lowest BCUT2D eigenvalue weighted by Crippen LogP contribution is -1.82. The smallest absolute Gasteiger partial charge is 0.327 e. The molecule has 3 N–H and O–H groups in total. The topological polar surface area (TPSA) is 77.8 Å². The SMILES string of the molecule is C=CC(=O)O.C=CC=C.OO. The van der Waals surface area contributed by atoms with Gasteiger partial charge in [-0.15, -0.1) is 0 Å². The van der Waals surface area contributed by atoms with Crippen molar-refractivity contribution in [3.05, 3.63) is 38.0 Å². The molecular formula is C7H12O4. The van der Waals surface area contributed by atoms with Crippen LogP contribution < -0.4 is 0 Å². The first-order valence-corrected chi connectivity index (χ1v) is 2.47. The molecule has 0 radical (unpaired) electrons. The van der Waals surface area contributed by atoms with E-state index in [9.17, 15) is 4.79 Å². The molecule has 0 aliphatic carbocycles. The highest BCUT2D eigenvalue weighted by Gasteiger charge is 1.73. The number of rotatable bonds is 2. The summed E-state index contributed by atoms with van der Waals surface area (Å²) in [5.41, 5.74) is 0. The Kier molecular flexibility index (Phi) is 34.8. The van der Waals surface area contributed by atoms with Gasteiger partial charge in [-0.05, 0) is 0 Å². The Bertz CT molecular complexity index is 112. The van der Waals surface area contributed by atoms with E-state index in [1.165, 1.54) is 0 Å². The van der Waals surface area contributed by atoms with E-state index in [-0.39, 0.29) is 0 Å². The Morgan fingerprint density at radius 1 is 1.09 bits per heavy atom. The predicted octanol–water partition coefficient (Wildman–Crippen LogP) is 1.63. The normalized spacial score (nSPS) is 5.27. The van der Waals surface area contributed by atoms with Crippen LogP contribution >= 0.6 is 0 Å². The zero-order chi connectivity index (χ0) is 9.70. The fourth-order valence-corrected chi connectivity index (χ4v) is 0. The lowest BCUT2D eigenvalue weighted by atomic mass is 10.6. The maximum atomic E-state index is 9.25. The van der Waals surface area contributed by atoms with E-state index in [4.69, 9.17) is 15.6 Å². The Labute approximate surface area is 65.3 Å². The van der Waals surface area contributed by atoms with Gasteiger partial charge in [0.2, 0.25) is 0 Å². The highest BCUT2D eigenvalue weighted by atomic mass is 17.0. The zero-order valence-electron chi connectivity index (χ0n) is 6.10. The lowest BCUT2D eigenvalue weighted by Gasteiger charge is -1.64. The first kappa shape index (κ1) is 16.3.